The van der Waals surface area contributed by atoms with E-state index in [2.05, 4.69) is 15.2 Å². The maximum Gasteiger partial charge on any atom is 0.573 e. The Hall–Kier alpha value is -2.22. The fourth-order valence-electron chi connectivity index (χ4n) is 2.96. The average molecular weight is 355 g/mol. The van der Waals surface area contributed by atoms with E-state index in [-0.39, 0.29) is 5.75 Å². The molecular weight excluding hydrogens is 335 g/mol. The summed E-state index contributed by atoms with van der Waals surface area (Å²) >= 11 is 0. The van der Waals surface area contributed by atoms with Crippen LogP contribution in [0.3, 0.4) is 0 Å². The van der Waals surface area contributed by atoms with Gasteiger partial charge in [-0.1, -0.05) is 0 Å². The minimum Gasteiger partial charge on any atom is -0.493 e. The van der Waals surface area contributed by atoms with Crippen molar-refractivity contribution in [2.24, 2.45) is 0 Å². The summed E-state index contributed by atoms with van der Waals surface area (Å²) in [5.74, 6) is 0.0413. The largest absolute Gasteiger partial charge is 0.573 e. The first-order valence-corrected chi connectivity index (χ1v) is 8.24. The second-order valence-electron chi connectivity index (χ2n) is 5.83. The molecule has 1 aliphatic rings. The highest BCUT2D eigenvalue weighted by Gasteiger charge is 2.31. The van der Waals surface area contributed by atoms with Gasteiger partial charge in [0.25, 0.3) is 0 Å². The van der Waals surface area contributed by atoms with Crippen molar-refractivity contribution in [2.45, 2.75) is 32.2 Å². The predicted molar refractivity (Wildman–Crippen MR) is 86.7 cm³/mol. The smallest absolute Gasteiger partial charge is 0.493 e. The lowest BCUT2D eigenvalue weighted by Gasteiger charge is -2.22. The van der Waals surface area contributed by atoms with Crippen LogP contribution in [0, 0.1) is 0 Å². The number of rotatable bonds is 5. The Morgan fingerprint density at radius 3 is 2.72 bits per heavy atom. The van der Waals surface area contributed by atoms with Gasteiger partial charge in [-0.05, 0) is 45.0 Å². The molecule has 1 aromatic carbocycles. The summed E-state index contributed by atoms with van der Waals surface area (Å²) in [5.41, 5.74) is 1.50. The molecule has 1 fully saturated rings. The topological polar surface area (TPSA) is 48.3 Å². The molecule has 0 atom stereocenters. The minimum atomic E-state index is -4.73. The maximum absolute atomic E-state index is 12.4. The van der Waals surface area contributed by atoms with E-state index in [0.717, 1.165) is 31.5 Å². The van der Waals surface area contributed by atoms with Gasteiger partial charge in [-0.15, -0.1) is 13.2 Å². The lowest BCUT2D eigenvalue weighted by atomic mass is 10.1. The van der Waals surface area contributed by atoms with Gasteiger partial charge in [0, 0.05) is 23.4 Å². The zero-order chi connectivity index (χ0) is 17.9. The van der Waals surface area contributed by atoms with E-state index in [0.29, 0.717) is 24.0 Å². The lowest BCUT2D eigenvalue weighted by molar-refractivity contribution is -0.274. The molecule has 3 rings (SSSR count). The summed E-state index contributed by atoms with van der Waals surface area (Å²) in [6.45, 7) is 4.02. The van der Waals surface area contributed by atoms with Gasteiger partial charge in [-0.25, -0.2) is 0 Å². The second-order valence-corrected chi connectivity index (χ2v) is 5.83. The first-order chi connectivity index (χ1) is 12.0. The fourth-order valence-corrected chi connectivity index (χ4v) is 2.96. The van der Waals surface area contributed by atoms with Gasteiger partial charge < -0.3 is 14.8 Å². The van der Waals surface area contributed by atoms with Gasteiger partial charge in [-0.3, -0.25) is 4.68 Å². The quantitative estimate of drug-likeness (QED) is 0.887. The fraction of sp³-hybridized carbons (Fsp3) is 0.471. The van der Waals surface area contributed by atoms with Crippen LogP contribution >= 0.6 is 0 Å². The van der Waals surface area contributed by atoms with Gasteiger partial charge in [0.1, 0.15) is 11.5 Å². The maximum atomic E-state index is 12.4. The van der Waals surface area contributed by atoms with Crippen LogP contribution in [-0.2, 0) is 0 Å². The zero-order valence-corrected chi connectivity index (χ0v) is 13.8. The number of halogens is 3. The standard InChI is InChI=1S/C17H20F3N3O2/c1-2-24-16-9-14(25-17(18,19)20)3-4-15(16)12-10-22-23(11-12)13-5-7-21-8-6-13/h3-4,9-11,13,21H,2,5-8H2,1H3. The molecule has 2 aromatic rings. The number of piperidine rings is 1. The van der Waals surface area contributed by atoms with Crippen LogP contribution in [0.15, 0.2) is 30.6 Å². The van der Waals surface area contributed by atoms with E-state index in [1.54, 1.807) is 19.2 Å². The van der Waals surface area contributed by atoms with E-state index in [1.165, 1.54) is 12.1 Å². The van der Waals surface area contributed by atoms with E-state index in [9.17, 15) is 13.2 Å². The number of hydrogen-bond acceptors (Lipinski definition) is 4. The summed E-state index contributed by atoms with van der Waals surface area (Å²) in [6, 6.07) is 4.44. The van der Waals surface area contributed by atoms with Crippen molar-refractivity contribution < 1.29 is 22.6 Å². The molecule has 1 saturated heterocycles. The summed E-state index contributed by atoms with van der Waals surface area (Å²) in [4.78, 5) is 0. The van der Waals surface area contributed by atoms with E-state index in [1.807, 2.05) is 10.9 Å². The second kappa shape index (κ2) is 7.35. The lowest BCUT2D eigenvalue weighted by Crippen LogP contribution is -2.29. The van der Waals surface area contributed by atoms with Crippen LogP contribution in [0.2, 0.25) is 0 Å². The number of hydrogen-bond donors (Lipinski definition) is 1. The van der Waals surface area contributed by atoms with Crippen molar-refractivity contribution in [3.05, 3.63) is 30.6 Å². The molecule has 25 heavy (non-hydrogen) atoms. The predicted octanol–water partition coefficient (Wildman–Crippen LogP) is 3.77. The minimum absolute atomic E-state index is 0.301. The van der Waals surface area contributed by atoms with Crippen molar-refractivity contribution in [3.8, 4) is 22.6 Å². The third-order valence-electron chi connectivity index (χ3n) is 4.08. The SMILES string of the molecule is CCOc1cc(OC(F)(F)F)ccc1-c1cnn(C2CCNCC2)c1. The Morgan fingerprint density at radius 1 is 1.28 bits per heavy atom. The molecule has 136 valence electrons. The molecule has 2 heterocycles. The number of nitrogens with zero attached hydrogens (tertiary/aromatic N) is 2. The van der Waals surface area contributed by atoms with Crippen LogP contribution in [0.1, 0.15) is 25.8 Å². The average Bonchev–Trinajstić information content (AvgIpc) is 3.04. The molecular formula is C17H20F3N3O2. The first-order valence-electron chi connectivity index (χ1n) is 8.24. The Kier molecular flexibility index (Phi) is 5.17. The highest BCUT2D eigenvalue weighted by atomic mass is 19.4. The molecule has 0 bridgehead atoms. The Morgan fingerprint density at radius 2 is 2.04 bits per heavy atom. The van der Waals surface area contributed by atoms with E-state index in [4.69, 9.17) is 4.74 Å². The third-order valence-corrected chi connectivity index (χ3v) is 4.08. The molecule has 1 aliphatic heterocycles. The molecule has 1 aromatic heterocycles. The van der Waals surface area contributed by atoms with Crippen LogP contribution < -0.4 is 14.8 Å². The molecule has 0 aliphatic carbocycles. The van der Waals surface area contributed by atoms with Crippen molar-refractivity contribution in [1.82, 2.24) is 15.1 Å². The van der Waals surface area contributed by atoms with Crippen LogP contribution in [0.25, 0.3) is 11.1 Å². The van der Waals surface area contributed by atoms with Gasteiger partial charge in [0.2, 0.25) is 0 Å². The third kappa shape index (κ3) is 4.45. The monoisotopic (exact) mass is 355 g/mol. The number of benzene rings is 1. The Balaban J connectivity index is 1.86. The van der Waals surface area contributed by atoms with Crippen molar-refractivity contribution >= 4 is 0 Å². The van der Waals surface area contributed by atoms with Gasteiger partial charge in [-0.2, -0.15) is 5.10 Å². The molecule has 0 spiro atoms. The van der Waals surface area contributed by atoms with Gasteiger partial charge >= 0.3 is 6.36 Å². The molecule has 1 N–H and O–H groups in total. The van der Waals surface area contributed by atoms with E-state index >= 15 is 0 Å². The summed E-state index contributed by atoms with van der Waals surface area (Å²) in [7, 11) is 0. The summed E-state index contributed by atoms with van der Waals surface area (Å²) < 4.78 is 48.6. The highest BCUT2D eigenvalue weighted by Crippen LogP contribution is 2.35. The Labute approximate surface area is 143 Å². The number of alkyl halides is 3. The molecule has 0 unspecified atom stereocenters. The van der Waals surface area contributed by atoms with Crippen LogP contribution in [0.4, 0.5) is 13.2 Å². The molecule has 0 amide bonds. The van der Waals surface area contributed by atoms with Crippen molar-refractivity contribution in [3.63, 3.8) is 0 Å². The Bertz CT molecular complexity index is 709. The zero-order valence-electron chi connectivity index (χ0n) is 13.8. The van der Waals surface area contributed by atoms with Gasteiger partial charge in [0.15, 0.2) is 0 Å². The summed E-state index contributed by atoms with van der Waals surface area (Å²) in [6.07, 6.45) is 0.892. The number of ether oxygens (including phenoxy) is 2. The number of aromatic nitrogens is 2. The van der Waals surface area contributed by atoms with Gasteiger partial charge in [0.05, 0.1) is 18.8 Å². The van der Waals surface area contributed by atoms with Crippen LogP contribution in [0.5, 0.6) is 11.5 Å². The molecule has 0 saturated carbocycles. The normalized spacial score (nSPS) is 16.0. The molecule has 0 radical (unpaired) electrons. The molecule has 5 nitrogen and oxygen atoms in total. The molecule has 8 heteroatoms. The first kappa shape index (κ1) is 17.6. The highest BCUT2D eigenvalue weighted by molar-refractivity contribution is 5.70. The number of nitrogens with one attached hydrogen (secondary N) is 1. The van der Waals surface area contributed by atoms with Crippen molar-refractivity contribution in [2.75, 3.05) is 19.7 Å². The van der Waals surface area contributed by atoms with Crippen LogP contribution in [-0.4, -0.2) is 35.8 Å². The van der Waals surface area contributed by atoms with Crippen molar-refractivity contribution in [1.29, 1.82) is 0 Å². The van der Waals surface area contributed by atoms with E-state index < -0.39 is 6.36 Å². The summed E-state index contributed by atoms with van der Waals surface area (Å²) in [5, 5.41) is 7.73.